The Morgan fingerprint density at radius 3 is 3.06 bits per heavy atom. The Labute approximate surface area is 105 Å². The molecular weight excluding hydrogens is 230 g/mol. The molecule has 0 bridgehead atoms. The average Bonchev–Trinajstić information content (AvgIpc) is 2.81. The summed E-state index contributed by atoms with van der Waals surface area (Å²) in [4.78, 5) is 22.8. The van der Waals surface area contributed by atoms with Crippen molar-refractivity contribution >= 4 is 11.7 Å². The molecule has 0 saturated heterocycles. The number of hydrogen-bond acceptors (Lipinski definition) is 4. The highest BCUT2D eigenvalue weighted by Gasteiger charge is 2.15. The summed E-state index contributed by atoms with van der Waals surface area (Å²) in [6.45, 7) is 1.86. The number of rotatable bonds is 4. The first-order valence-electron chi connectivity index (χ1n) is 5.62. The summed E-state index contributed by atoms with van der Waals surface area (Å²) < 4.78 is 0. The number of hydrogen-bond donors (Lipinski definition) is 3. The molecule has 2 aromatic heterocycles. The van der Waals surface area contributed by atoms with Gasteiger partial charge in [-0.05, 0) is 19.1 Å². The Kier molecular flexibility index (Phi) is 3.69. The average molecular weight is 245 g/mol. The summed E-state index contributed by atoms with van der Waals surface area (Å²) in [6.07, 6.45) is 3.62. The van der Waals surface area contributed by atoms with Crippen molar-refractivity contribution in [1.29, 1.82) is 0 Å². The standard InChI is InChI=1S/C12H15N5O/c1-8-3-2-4-11(16-8)17-12(18)10(13)5-9-6-14-7-15-9/h2-4,6-7,10H,5,13H2,1H3,(H,14,15)(H,16,17,18)/t10-/m0/s1. The molecule has 1 atom stereocenters. The minimum atomic E-state index is -0.632. The molecule has 0 aliphatic carbocycles. The van der Waals surface area contributed by atoms with Gasteiger partial charge in [-0.2, -0.15) is 0 Å². The first-order chi connectivity index (χ1) is 8.65. The normalized spacial score (nSPS) is 12.1. The summed E-state index contributed by atoms with van der Waals surface area (Å²) in [7, 11) is 0. The Balaban J connectivity index is 1.95. The van der Waals surface area contributed by atoms with Gasteiger partial charge in [0.05, 0.1) is 12.4 Å². The van der Waals surface area contributed by atoms with Gasteiger partial charge in [0.1, 0.15) is 5.82 Å². The number of anilines is 1. The number of nitrogens with one attached hydrogen (secondary N) is 2. The van der Waals surface area contributed by atoms with Crippen molar-refractivity contribution in [2.24, 2.45) is 5.73 Å². The second kappa shape index (κ2) is 5.42. The molecule has 18 heavy (non-hydrogen) atoms. The maximum Gasteiger partial charge on any atom is 0.242 e. The summed E-state index contributed by atoms with van der Waals surface area (Å²) in [5, 5.41) is 2.69. The van der Waals surface area contributed by atoms with Gasteiger partial charge in [-0.3, -0.25) is 4.79 Å². The van der Waals surface area contributed by atoms with Crippen molar-refractivity contribution in [3.8, 4) is 0 Å². The lowest BCUT2D eigenvalue weighted by Gasteiger charge is -2.10. The highest BCUT2D eigenvalue weighted by molar-refractivity contribution is 5.94. The van der Waals surface area contributed by atoms with Gasteiger partial charge in [0.25, 0.3) is 0 Å². The lowest BCUT2D eigenvalue weighted by molar-refractivity contribution is -0.117. The number of carbonyl (C=O) groups is 1. The van der Waals surface area contributed by atoms with Crippen molar-refractivity contribution in [1.82, 2.24) is 15.0 Å². The molecule has 0 aromatic carbocycles. The van der Waals surface area contributed by atoms with E-state index in [1.807, 2.05) is 19.1 Å². The fourth-order valence-electron chi connectivity index (χ4n) is 1.56. The third-order valence-electron chi connectivity index (χ3n) is 2.47. The van der Waals surface area contributed by atoms with Gasteiger partial charge in [0.15, 0.2) is 0 Å². The van der Waals surface area contributed by atoms with E-state index in [2.05, 4.69) is 20.3 Å². The Hall–Kier alpha value is -2.21. The number of aryl methyl sites for hydroxylation is 1. The van der Waals surface area contributed by atoms with E-state index in [1.54, 1.807) is 18.6 Å². The number of nitrogens with zero attached hydrogens (tertiary/aromatic N) is 2. The quantitative estimate of drug-likeness (QED) is 0.735. The van der Waals surface area contributed by atoms with Gasteiger partial charge >= 0.3 is 0 Å². The number of nitrogens with two attached hydrogens (primary N) is 1. The molecule has 0 fully saturated rings. The summed E-state index contributed by atoms with van der Waals surface area (Å²) in [5.74, 6) is 0.253. The summed E-state index contributed by atoms with van der Waals surface area (Å²) in [6, 6.07) is 4.79. The number of aromatic nitrogens is 3. The van der Waals surface area contributed by atoms with Crippen LogP contribution >= 0.6 is 0 Å². The number of H-pyrrole nitrogens is 1. The van der Waals surface area contributed by atoms with Crippen LogP contribution in [0.5, 0.6) is 0 Å². The molecule has 6 nitrogen and oxygen atoms in total. The molecule has 0 spiro atoms. The van der Waals surface area contributed by atoms with E-state index >= 15 is 0 Å². The number of aromatic amines is 1. The number of carbonyl (C=O) groups excluding carboxylic acids is 1. The van der Waals surface area contributed by atoms with Crippen LogP contribution in [0.2, 0.25) is 0 Å². The van der Waals surface area contributed by atoms with Crippen LogP contribution in [0.4, 0.5) is 5.82 Å². The molecule has 0 saturated carbocycles. The molecule has 94 valence electrons. The minimum Gasteiger partial charge on any atom is -0.348 e. The van der Waals surface area contributed by atoms with Crippen LogP contribution in [-0.4, -0.2) is 26.9 Å². The van der Waals surface area contributed by atoms with Crippen LogP contribution in [0.1, 0.15) is 11.4 Å². The second-order valence-corrected chi connectivity index (χ2v) is 4.04. The van der Waals surface area contributed by atoms with Crippen LogP contribution in [0.15, 0.2) is 30.7 Å². The highest BCUT2D eigenvalue weighted by atomic mass is 16.2. The Bertz CT molecular complexity index is 523. The molecule has 2 heterocycles. The zero-order chi connectivity index (χ0) is 13.0. The van der Waals surface area contributed by atoms with Crippen molar-refractivity contribution in [3.05, 3.63) is 42.1 Å². The molecule has 0 aliphatic heterocycles. The number of pyridine rings is 1. The first kappa shape index (κ1) is 12.3. The predicted molar refractivity (Wildman–Crippen MR) is 67.9 cm³/mol. The van der Waals surface area contributed by atoms with Crippen LogP contribution in [0.3, 0.4) is 0 Å². The van der Waals surface area contributed by atoms with E-state index in [-0.39, 0.29) is 5.91 Å². The molecule has 2 rings (SSSR count). The van der Waals surface area contributed by atoms with Crippen molar-refractivity contribution in [3.63, 3.8) is 0 Å². The number of imidazole rings is 1. The maximum atomic E-state index is 11.8. The highest BCUT2D eigenvalue weighted by Crippen LogP contribution is 2.05. The van der Waals surface area contributed by atoms with Crippen LogP contribution in [-0.2, 0) is 11.2 Å². The van der Waals surface area contributed by atoms with Crippen LogP contribution < -0.4 is 11.1 Å². The van der Waals surface area contributed by atoms with E-state index in [0.717, 1.165) is 11.4 Å². The van der Waals surface area contributed by atoms with E-state index < -0.39 is 6.04 Å². The fourth-order valence-corrected chi connectivity index (χ4v) is 1.56. The number of amides is 1. The predicted octanol–water partition coefficient (Wildman–Crippen LogP) is 0.622. The van der Waals surface area contributed by atoms with E-state index in [4.69, 9.17) is 5.73 Å². The van der Waals surface area contributed by atoms with E-state index in [1.165, 1.54) is 0 Å². The largest absolute Gasteiger partial charge is 0.348 e. The van der Waals surface area contributed by atoms with Crippen LogP contribution in [0, 0.1) is 6.92 Å². The first-order valence-corrected chi connectivity index (χ1v) is 5.62. The van der Waals surface area contributed by atoms with Gasteiger partial charge in [-0.1, -0.05) is 6.07 Å². The molecule has 2 aromatic rings. The SMILES string of the molecule is Cc1cccc(NC(=O)[C@@H](N)Cc2cnc[nH]2)n1. The molecular formula is C12H15N5O. The van der Waals surface area contributed by atoms with Gasteiger partial charge in [-0.25, -0.2) is 9.97 Å². The maximum absolute atomic E-state index is 11.8. The third-order valence-corrected chi connectivity index (χ3v) is 2.47. The second-order valence-electron chi connectivity index (χ2n) is 4.04. The van der Waals surface area contributed by atoms with Crippen LogP contribution in [0.25, 0.3) is 0 Å². The molecule has 4 N–H and O–H groups in total. The molecule has 1 amide bonds. The van der Waals surface area contributed by atoms with Gasteiger partial charge in [-0.15, -0.1) is 0 Å². The van der Waals surface area contributed by atoms with Crippen molar-refractivity contribution in [2.75, 3.05) is 5.32 Å². The molecule has 0 unspecified atom stereocenters. The minimum absolute atomic E-state index is 0.261. The molecule has 0 radical (unpaired) electrons. The monoisotopic (exact) mass is 245 g/mol. The van der Waals surface area contributed by atoms with Gasteiger partial charge in [0, 0.05) is 24.0 Å². The molecule has 6 heteroatoms. The lowest BCUT2D eigenvalue weighted by atomic mass is 10.1. The Morgan fingerprint density at radius 1 is 1.56 bits per heavy atom. The fraction of sp³-hybridized carbons (Fsp3) is 0.250. The smallest absolute Gasteiger partial charge is 0.242 e. The summed E-state index contributed by atoms with van der Waals surface area (Å²) in [5.41, 5.74) is 7.48. The van der Waals surface area contributed by atoms with E-state index in [0.29, 0.717) is 12.2 Å². The zero-order valence-corrected chi connectivity index (χ0v) is 10.1. The van der Waals surface area contributed by atoms with E-state index in [9.17, 15) is 4.79 Å². The Morgan fingerprint density at radius 2 is 2.39 bits per heavy atom. The summed E-state index contributed by atoms with van der Waals surface area (Å²) >= 11 is 0. The lowest BCUT2D eigenvalue weighted by Crippen LogP contribution is -2.37. The topological polar surface area (TPSA) is 96.7 Å². The van der Waals surface area contributed by atoms with Gasteiger partial charge in [0.2, 0.25) is 5.91 Å². The zero-order valence-electron chi connectivity index (χ0n) is 10.1. The molecule has 0 aliphatic rings. The third kappa shape index (κ3) is 3.14. The van der Waals surface area contributed by atoms with Crippen molar-refractivity contribution < 1.29 is 4.79 Å². The van der Waals surface area contributed by atoms with Crippen molar-refractivity contribution in [2.45, 2.75) is 19.4 Å². The van der Waals surface area contributed by atoms with Gasteiger partial charge < -0.3 is 16.0 Å².